The number of rotatable bonds is 5. The van der Waals surface area contributed by atoms with Crippen LogP contribution >= 0.6 is 0 Å². The molecule has 122 valence electrons. The third-order valence-electron chi connectivity index (χ3n) is 4.50. The summed E-state index contributed by atoms with van der Waals surface area (Å²) in [5.41, 5.74) is 11.0. The van der Waals surface area contributed by atoms with Gasteiger partial charge in [-0.1, -0.05) is 42.5 Å². The van der Waals surface area contributed by atoms with Crippen molar-refractivity contribution in [1.82, 2.24) is 4.90 Å². The Morgan fingerprint density at radius 1 is 1.17 bits per heavy atom. The lowest BCUT2D eigenvalue weighted by Gasteiger charge is -2.32. The number of benzene rings is 2. The molecule has 2 N–H and O–H groups in total. The van der Waals surface area contributed by atoms with Crippen molar-refractivity contribution >= 4 is 0 Å². The maximum absolute atomic E-state index is 5.77. The molecule has 3 heteroatoms. The summed E-state index contributed by atoms with van der Waals surface area (Å²) >= 11 is 0. The highest BCUT2D eigenvalue weighted by molar-refractivity contribution is 5.67. The van der Waals surface area contributed by atoms with Crippen molar-refractivity contribution in [3.05, 3.63) is 59.7 Å². The van der Waals surface area contributed by atoms with Gasteiger partial charge in [-0.2, -0.15) is 0 Å². The highest BCUT2D eigenvalue weighted by Crippen LogP contribution is 2.24. The second-order valence-electron chi connectivity index (χ2n) is 6.32. The lowest BCUT2D eigenvalue weighted by atomic mass is 9.99. The van der Waals surface area contributed by atoms with Crippen LogP contribution in [0.2, 0.25) is 0 Å². The van der Waals surface area contributed by atoms with Gasteiger partial charge in [0.1, 0.15) is 0 Å². The molecule has 1 aliphatic heterocycles. The van der Waals surface area contributed by atoms with Crippen molar-refractivity contribution in [2.24, 2.45) is 5.73 Å². The highest BCUT2D eigenvalue weighted by Gasteiger charge is 2.19. The first-order valence-electron chi connectivity index (χ1n) is 8.45. The topological polar surface area (TPSA) is 38.5 Å². The highest BCUT2D eigenvalue weighted by atomic mass is 16.5. The molecule has 0 amide bonds. The first kappa shape index (κ1) is 16.2. The van der Waals surface area contributed by atoms with E-state index in [0.29, 0.717) is 6.54 Å². The van der Waals surface area contributed by atoms with Crippen molar-refractivity contribution in [1.29, 1.82) is 0 Å². The zero-order valence-corrected chi connectivity index (χ0v) is 13.9. The van der Waals surface area contributed by atoms with Gasteiger partial charge in [0.05, 0.1) is 12.7 Å². The largest absolute Gasteiger partial charge is 0.376 e. The Kier molecular flexibility index (Phi) is 5.44. The standard InChI is InChI=1S/C20H26N2O/c1-16-5-2-3-8-20(16)18-7-4-6-17(13-18)14-22-11-12-23-19(15-22)9-10-21/h2-8,13,19H,9-12,14-15,21H2,1H3/t19-/m1/s1. The molecule has 0 unspecified atom stereocenters. The summed E-state index contributed by atoms with van der Waals surface area (Å²) in [4.78, 5) is 2.47. The number of aryl methyl sites for hydroxylation is 1. The van der Waals surface area contributed by atoms with Crippen LogP contribution in [-0.2, 0) is 11.3 Å². The minimum atomic E-state index is 0.285. The van der Waals surface area contributed by atoms with Crippen molar-refractivity contribution in [2.45, 2.75) is 26.0 Å². The van der Waals surface area contributed by atoms with Crippen molar-refractivity contribution in [3.8, 4) is 11.1 Å². The second kappa shape index (κ2) is 7.73. The molecule has 0 radical (unpaired) electrons. The van der Waals surface area contributed by atoms with Gasteiger partial charge in [0.2, 0.25) is 0 Å². The molecule has 0 bridgehead atoms. The van der Waals surface area contributed by atoms with Crippen molar-refractivity contribution in [3.63, 3.8) is 0 Å². The fraction of sp³-hybridized carbons (Fsp3) is 0.400. The smallest absolute Gasteiger partial charge is 0.0714 e. The summed E-state index contributed by atoms with van der Waals surface area (Å²) in [6, 6.07) is 17.5. The van der Waals surface area contributed by atoms with E-state index in [4.69, 9.17) is 10.5 Å². The van der Waals surface area contributed by atoms with E-state index in [0.717, 1.165) is 32.7 Å². The van der Waals surface area contributed by atoms with Gasteiger partial charge < -0.3 is 10.5 Å². The van der Waals surface area contributed by atoms with E-state index in [1.807, 2.05) is 0 Å². The van der Waals surface area contributed by atoms with E-state index < -0.39 is 0 Å². The van der Waals surface area contributed by atoms with Gasteiger partial charge in [0.15, 0.2) is 0 Å². The molecule has 0 spiro atoms. The van der Waals surface area contributed by atoms with E-state index in [9.17, 15) is 0 Å². The van der Waals surface area contributed by atoms with Gasteiger partial charge in [0.25, 0.3) is 0 Å². The van der Waals surface area contributed by atoms with Gasteiger partial charge in [-0.25, -0.2) is 0 Å². The number of hydrogen-bond acceptors (Lipinski definition) is 3. The summed E-state index contributed by atoms with van der Waals surface area (Å²) in [5, 5.41) is 0. The third kappa shape index (κ3) is 4.20. The first-order chi connectivity index (χ1) is 11.3. The lowest BCUT2D eigenvalue weighted by molar-refractivity contribution is -0.0335. The second-order valence-corrected chi connectivity index (χ2v) is 6.32. The average Bonchev–Trinajstić information content (AvgIpc) is 2.56. The van der Waals surface area contributed by atoms with Crippen LogP contribution < -0.4 is 5.73 Å². The maximum atomic E-state index is 5.77. The SMILES string of the molecule is Cc1ccccc1-c1cccc(CN2CCO[C@H](CCN)C2)c1. The van der Waals surface area contributed by atoms with Gasteiger partial charge in [-0.05, 0) is 48.2 Å². The minimum Gasteiger partial charge on any atom is -0.376 e. The fourth-order valence-electron chi connectivity index (χ4n) is 3.28. The molecular formula is C20H26N2O. The molecule has 3 nitrogen and oxygen atoms in total. The molecule has 0 aliphatic carbocycles. The molecule has 0 aromatic heterocycles. The van der Waals surface area contributed by atoms with Crippen LogP contribution in [0.5, 0.6) is 0 Å². The van der Waals surface area contributed by atoms with Crippen LogP contribution in [0.4, 0.5) is 0 Å². The first-order valence-corrected chi connectivity index (χ1v) is 8.45. The fourth-order valence-corrected chi connectivity index (χ4v) is 3.28. The predicted octanol–water partition coefficient (Wildman–Crippen LogP) is 3.21. The molecule has 1 fully saturated rings. The maximum Gasteiger partial charge on any atom is 0.0714 e. The zero-order valence-electron chi connectivity index (χ0n) is 13.9. The molecule has 23 heavy (non-hydrogen) atoms. The minimum absolute atomic E-state index is 0.285. The van der Waals surface area contributed by atoms with Crippen molar-refractivity contribution in [2.75, 3.05) is 26.2 Å². The van der Waals surface area contributed by atoms with Gasteiger partial charge in [-0.3, -0.25) is 4.90 Å². The number of nitrogens with two attached hydrogens (primary N) is 1. The molecule has 1 saturated heterocycles. The van der Waals surface area contributed by atoms with E-state index in [1.54, 1.807) is 0 Å². The Morgan fingerprint density at radius 3 is 2.87 bits per heavy atom. The zero-order chi connectivity index (χ0) is 16.1. The van der Waals surface area contributed by atoms with Crippen LogP contribution in [-0.4, -0.2) is 37.2 Å². The van der Waals surface area contributed by atoms with Crippen molar-refractivity contribution < 1.29 is 4.74 Å². The molecular weight excluding hydrogens is 284 g/mol. The van der Waals surface area contributed by atoms with Gasteiger partial charge in [0, 0.05) is 19.6 Å². The number of morpholine rings is 1. The predicted molar refractivity (Wildman–Crippen MR) is 95.3 cm³/mol. The Morgan fingerprint density at radius 2 is 2.04 bits per heavy atom. The third-order valence-corrected chi connectivity index (χ3v) is 4.50. The van der Waals surface area contributed by atoms with E-state index >= 15 is 0 Å². The Bertz CT molecular complexity index is 639. The van der Waals surface area contributed by atoms with E-state index in [-0.39, 0.29) is 6.10 Å². The average molecular weight is 310 g/mol. The van der Waals surface area contributed by atoms with E-state index in [2.05, 4.69) is 60.4 Å². The number of hydrogen-bond donors (Lipinski definition) is 1. The molecule has 3 rings (SSSR count). The molecule has 1 aliphatic rings. The molecule has 1 heterocycles. The molecule has 0 saturated carbocycles. The summed E-state index contributed by atoms with van der Waals surface area (Å²) in [6.07, 6.45) is 1.23. The summed E-state index contributed by atoms with van der Waals surface area (Å²) < 4.78 is 5.77. The quantitative estimate of drug-likeness (QED) is 0.921. The van der Waals surface area contributed by atoms with E-state index in [1.165, 1.54) is 22.3 Å². The van der Waals surface area contributed by atoms with Gasteiger partial charge in [-0.15, -0.1) is 0 Å². The monoisotopic (exact) mass is 310 g/mol. The molecule has 2 aromatic carbocycles. The molecule has 1 atom stereocenters. The van der Waals surface area contributed by atoms with Crippen LogP contribution in [0.1, 0.15) is 17.5 Å². The van der Waals surface area contributed by atoms with Crippen LogP contribution in [0.25, 0.3) is 11.1 Å². The Balaban J connectivity index is 1.72. The van der Waals surface area contributed by atoms with Crippen LogP contribution in [0, 0.1) is 6.92 Å². The van der Waals surface area contributed by atoms with Crippen LogP contribution in [0.15, 0.2) is 48.5 Å². The lowest BCUT2D eigenvalue weighted by Crippen LogP contribution is -2.42. The van der Waals surface area contributed by atoms with Gasteiger partial charge >= 0.3 is 0 Å². The van der Waals surface area contributed by atoms with Crippen LogP contribution in [0.3, 0.4) is 0 Å². The summed E-state index contributed by atoms with van der Waals surface area (Å²) in [5.74, 6) is 0. The normalized spacial score (nSPS) is 19.0. The Hall–Kier alpha value is -1.68. The summed E-state index contributed by atoms with van der Waals surface area (Å²) in [6.45, 7) is 6.62. The summed E-state index contributed by atoms with van der Waals surface area (Å²) in [7, 11) is 0. The number of ether oxygens (including phenoxy) is 1. The number of nitrogens with zero attached hydrogens (tertiary/aromatic N) is 1. The molecule has 2 aromatic rings. The Labute approximate surface area is 139 Å².